The number of rotatable bonds is 2. The molecule has 0 aliphatic rings. The van der Waals surface area contributed by atoms with Crippen molar-refractivity contribution in [2.75, 3.05) is 0 Å². The van der Waals surface area contributed by atoms with Gasteiger partial charge in [-0.3, -0.25) is 4.98 Å². The van der Waals surface area contributed by atoms with E-state index < -0.39 is 6.10 Å². The second kappa shape index (κ2) is 4.86. The number of hydrogen-bond acceptors (Lipinski definition) is 2. The summed E-state index contributed by atoms with van der Waals surface area (Å²) in [5.74, 6) is 0. The molecule has 0 aliphatic carbocycles. The number of aryl methyl sites for hydroxylation is 2. The van der Waals surface area contributed by atoms with Gasteiger partial charge in [0.05, 0.1) is 0 Å². The third-order valence-corrected chi connectivity index (χ3v) is 3.01. The summed E-state index contributed by atoms with van der Waals surface area (Å²) in [6.45, 7) is 3.86. The van der Waals surface area contributed by atoms with E-state index in [0.717, 1.165) is 22.4 Å². The zero-order valence-electron chi connectivity index (χ0n) is 9.81. The molecule has 1 atom stereocenters. The van der Waals surface area contributed by atoms with Gasteiger partial charge in [0, 0.05) is 22.5 Å². The maximum Gasteiger partial charge on any atom is 0.106 e. The molecule has 0 spiro atoms. The summed E-state index contributed by atoms with van der Waals surface area (Å²) in [6.07, 6.45) is 1.05. The van der Waals surface area contributed by atoms with E-state index in [-0.39, 0.29) is 0 Å². The molecule has 17 heavy (non-hydrogen) atoms. The summed E-state index contributed by atoms with van der Waals surface area (Å²) in [5, 5.41) is 11.0. The Morgan fingerprint density at radius 2 is 1.94 bits per heavy atom. The van der Waals surface area contributed by atoms with Crippen LogP contribution < -0.4 is 0 Å². The summed E-state index contributed by atoms with van der Waals surface area (Å²) in [7, 11) is 0. The van der Waals surface area contributed by atoms with Gasteiger partial charge in [-0.2, -0.15) is 0 Å². The van der Waals surface area contributed by atoms with E-state index in [9.17, 15) is 5.11 Å². The molecule has 2 rings (SSSR count). The molecular formula is C14H14ClNO. The molecule has 0 bridgehead atoms. The molecule has 0 saturated carbocycles. The standard InChI is InChI=1S/C14H14ClNO/c1-9-7-12(15)5-6-13(9)14(17)11-4-3-10(2)16-8-11/h3-8,14,17H,1-2H3. The third kappa shape index (κ3) is 2.65. The van der Waals surface area contributed by atoms with Crippen molar-refractivity contribution in [1.82, 2.24) is 4.98 Å². The van der Waals surface area contributed by atoms with Crippen LogP contribution in [-0.2, 0) is 0 Å². The van der Waals surface area contributed by atoms with Gasteiger partial charge >= 0.3 is 0 Å². The maximum atomic E-state index is 10.3. The number of aliphatic hydroxyl groups excluding tert-OH is 1. The first-order valence-electron chi connectivity index (χ1n) is 5.44. The normalized spacial score (nSPS) is 12.5. The molecular weight excluding hydrogens is 234 g/mol. The Labute approximate surface area is 106 Å². The van der Waals surface area contributed by atoms with E-state index in [1.54, 1.807) is 12.3 Å². The second-order valence-corrected chi connectivity index (χ2v) is 4.57. The summed E-state index contributed by atoms with van der Waals surface area (Å²) in [5.41, 5.74) is 3.57. The summed E-state index contributed by atoms with van der Waals surface area (Å²) in [4.78, 5) is 4.19. The van der Waals surface area contributed by atoms with Crippen molar-refractivity contribution in [3.63, 3.8) is 0 Å². The lowest BCUT2D eigenvalue weighted by Gasteiger charge is -2.14. The van der Waals surface area contributed by atoms with Crippen LogP contribution in [0.25, 0.3) is 0 Å². The predicted molar refractivity (Wildman–Crippen MR) is 69.2 cm³/mol. The number of nitrogens with zero attached hydrogens (tertiary/aromatic N) is 1. The van der Waals surface area contributed by atoms with Gasteiger partial charge in [-0.1, -0.05) is 23.7 Å². The summed E-state index contributed by atoms with van der Waals surface area (Å²) in [6, 6.07) is 9.27. The zero-order chi connectivity index (χ0) is 12.4. The molecule has 2 nitrogen and oxygen atoms in total. The highest BCUT2D eigenvalue weighted by Crippen LogP contribution is 2.26. The number of aromatic nitrogens is 1. The van der Waals surface area contributed by atoms with Gasteiger partial charge in [0.15, 0.2) is 0 Å². The van der Waals surface area contributed by atoms with E-state index in [1.807, 2.05) is 38.1 Å². The molecule has 0 saturated heterocycles. The van der Waals surface area contributed by atoms with Crippen LogP contribution in [-0.4, -0.2) is 10.1 Å². The van der Waals surface area contributed by atoms with E-state index in [2.05, 4.69) is 4.98 Å². The Morgan fingerprint density at radius 3 is 2.53 bits per heavy atom. The highest BCUT2D eigenvalue weighted by atomic mass is 35.5. The van der Waals surface area contributed by atoms with Crippen molar-refractivity contribution in [3.05, 3.63) is 63.9 Å². The van der Waals surface area contributed by atoms with Crippen LogP contribution in [0.5, 0.6) is 0 Å². The molecule has 0 amide bonds. The summed E-state index contributed by atoms with van der Waals surface area (Å²) < 4.78 is 0. The maximum absolute atomic E-state index is 10.3. The Balaban J connectivity index is 2.36. The van der Waals surface area contributed by atoms with E-state index in [1.165, 1.54) is 0 Å². The van der Waals surface area contributed by atoms with Crippen LogP contribution in [0, 0.1) is 13.8 Å². The molecule has 88 valence electrons. The Hall–Kier alpha value is -1.38. The minimum absolute atomic E-state index is 0.652. The van der Waals surface area contributed by atoms with Gasteiger partial charge in [0.25, 0.3) is 0 Å². The number of pyridine rings is 1. The van der Waals surface area contributed by atoms with Crippen molar-refractivity contribution in [1.29, 1.82) is 0 Å². The van der Waals surface area contributed by atoms with E-state index in [0.29, 0.717) is 5.02 Å². The Morgan fingerprint density at radius 1 is 1.18 bits per heavy atom. The molecule has 0 radical (unpaired) electrons. The van der Waals surface area contributed by atoms with Gasteiger partial charge < -0.3 is 5.11 Å². The van der Waals surface area contributed by atoms with Crippen molar-refractivity contribution in [2.24, 2.45) is 0 Å². The van der Waals surface area contributed by atoms with Crippen LogP contribution in [0.15, 0.2) is 36.5 Å². The molecule has 2 aromatic rings. The predicted octanol–water partition coefficient (Wildman–Crippen LogP) is 3.43. The highest BCUT2D eigenvalue weighted by molar-refractivity contribution is 6.30. The van der Waals surface area contributed by atoms with Crippen LogP contribution in [0.1, 0.15) is 28.5 Å². The lowest BCUT2D eigenvalue weighted by Crippen LogP contribution is -2.02. The fourth-order valence-corrected chi connectivity index (χ4v) is 1.99. The molecule has 1 heterocycles. The van der Waals surface area contributed by atoms with Crippen LogP contribution in [0.2, 0.25) is 5.02 Å². The van der Waals surface area contributed by atoms with Crippen molar-refractivity contribution >= 4 is 11.6 Å². The van der Waals surface area contributed by atoms with Crippen molar-refractivity contribution in [3.8, 4) is 0 Å². The second-order valence-electron chi connectivity index (χ2n) is 4.14. The minimum Gasteiger partial charge on any atom is -0.384 e. The monoisotopic (exact) mass is 247 g/mol. The molecule has 1 N–H and O–H groups in total. The zero-order valence-corrected chi connectivity index (χ0v) is 10.6. The van der Waals surface area contributed by atoms with Gasteiger partial charge in [-0.15, -0.1) is 0 Å². The lowest BCUT2D eigenvalue weighted by molar-refractivity contribution is 0.219. The number of halogens is 1. The lowest BCUT2D eigenvalue weighted by atomic mass is 9.98. The van der Waals surface area contributed by atoms with Gasteiger partial charge in [-0.05, 0) is 43.2 Å². The number of hydrogen-bond donors (Lipinski definition) is 1. The largest absolute Gasteiger partial charge is 0.384 e. The molecule has 0 fully saturated rings. The molecule has 0 aliphatic heterocycles. The smallest absolute Gasteiger partial charge is 0.106 e. The van der Waals surface area contributed by atoms with Gasteiger partial charge in [-0.25, -0.2) is 0 Å². The highest BCUT2D eigenvalue weighted by Gasteiger charge is 2.13. The van der Waals surface area contributed by atoms with Crippen LogP contribution >= 0.6 is 11.6 Å². The molecule has 1 unspecified atom stereocenters. The first-order valence-corrected chi connectivity index (χ1v) is 5.82. The fraction of sp³-hybridized carbons (Fsp3) is 0.214. The SMILES string of the molecule is Cc1ccc(C(O)c2ccc(Cl)cc2C)cn1. The van der Waals surface area contributed by atoms with E-state index >= 15 is 0 Å². The number of benzene rings is 1. The van der Waals surface area contributed by atoms with Crippen LogP contribution in [0.3, 0.4) is 0 Å². The molecule has 1 aromatic carbocycles. The molecule has 1 aromatic heterocycles. The molecule has 3 heteroatoms. The Kier molecular flexibility index (Phi) is 3.46. The van der Waals surface area contributed by atoms with Crippen molar-refractivity contribution in [2.45, 2.75) is 20.0 Å². The van der Waals surface area contributed by atoms with E-state index in [4.69, 9.17) is 11.6 Å². The van der Waals surface area contributed by atoms with Gasteiger partial charge in [0.1, 0.15) is 6.10 Å². The average Bonchev–Trinajstić information content (AvgIpc) is 2.29. The first kappa shape index (κ1) is 12.1. The Bertz CT molecular complexity index is 522. The quantitative estimate of drug-likeness (QED) is 0.882. The number of aliphatic hydroxyl groups is 1. The average molecular weight is 248 g/mol. The van der Waals surface area contributed by atoms with Gasteiger partial charge in [0.2, 0.25) is 0 Å². The minimum atomic E-state index is -0.652. The summed E-state index contributed by atoms with van der Waals surface area (Å²) >= 11 is 5.89. The van der Waals surface area contributed by atoms with Crippen LogP contribution in [0.4, 0.5) is 0 Å². The third-order valence-electron chi connectivity index (χ3n) is 2.78. The topological polar surface area (TPSA) is 33.1 Å². The van der Waals surface area contributed by atoms with Crippen molar-refractivity contribution < 1.29 is 5.11 Å². The first-order chi connectivity index (χ1) is 8.08. The fourth-order valence-electron chi connectivity index (χ4n) is 1.77.